The van der Waals surface area contributed by atoms with E-state index in [1.165, 1.54) is 19.1 Å². The molecule has 2 aromatic rings. The summed E-state index contributed by atoms with van der Waals surface area (Å²) in [7, 11) is 5.63. The van der Waals surface area contributed by atoms with Gasteiger partial charge in [0.2, 0.25) is 0 Å². The monoisotopic (exact) mass is 372 g/mol. The molecule has 0 saturated heterocycles. The minimum atomic E-state index is -4.60. The maximum Gasteiger partial charge on any atom is 0.416 e. The van der Waals surface area contributed by atoms with E-state index in [4.69, 9.17) is 7.85 Å². The van der Waals surface area contributed by atoms with E-state index in [2.05, 4.69) is 15.9 Å². The summed E-state index contributed by atoms with van der Waals surface area (Å²) in [4.78, 5) is 25.3. The molecule has 0 saturated carbocycles. The zero-order valence-electron chi connectivity index (χ0n) is 11.3. The summed E-state index contributed by atoms with van der Waals surface area (Å²) < 4.78 is 40.3. The molecule has 9 heteroatoms. The molecule has 0 bridgehead atoms. The van der Waals surface area contributed by atoms with Gasteiger partial charge in [-0.15, -0.1) is 0 Å². The molecule has 22 heavy (non-hydrogen) atoms. The number of H-pyrrole nitrogens is 1. The maximum atomic E-state index is 13.1. The van der Waals surface area contributed by atoms with Gasteiger partial charge in [-0.25, -0.2) is 4.79 Å². The Hall–Kier alpha value is -1.77. The Balaban J connectivity index is 2.66. The van der Waals surface area contributed by atoms with Crippen LogP contribution in [-0.2, 0) is 12.7 Å². The summed E-state index contributed by atoms with van der Waals surface area (Å²) in [5.74, 6) is 0. The number of hydrogen-bond donors (Lipinski definition) is 1. The first-order chi connectivity index (χ1) is 10.1. The minimum absolute atomic E-state index is 0.0789. The van der Waals surface area contributed by atoms with Crippen LogP contribution >= 0.6 is 15.9 Å². The fraction of sp³-hybridized carbons (Fsp3) is 0.231. The largest absolute Gasteiger partial charge is 0.416 e. The molecule has 1 aromatic heterocycles. The highest BCUT2D eigenvalue weighted by Gasteiger charge is 2.33. The lowest BCUT2D eigenvalue weighted by Crippen LogP contribution is -2.34. The molecule has 0 atom stereocenters. The summed E-state index contributed by atoms with van der Waals surface area (Å²) in [6.07, 6.45) is -4.60. The second kappa shape index (κ2) is 5.79. The number of rotatable bonds is 2. The molecular weight excluding hydrogens is 364 g/mol. The predicted octanol–water partition coefficient (Wildman–Crippen LogP) is 1.47. The quantitative estimate of drug-likeness (QED) is 0.811. The fourth-order valence-corrected chi connectivity index (χ4v) is 2.36. The average Bonchev–Trinajstić information content (AvgIpc) is 2.41. The molecule has 0 aliphatic rings. The van der Waals surface area contributed by atoms with E-state index >= 15 is 0 Å². The molecule has 0 aliphatic carbocycles. The maximum absolute atomic E-state index is 13.1. The number of nitrogens with one attached hydrogen (secondary N) is 1. The fourth-order valence-electron chi connectivity index (χ4n) is 2.05. The summed E-state index contributed by atoms with van der Waals surface area (Å²) in [6, 6.07) is 3.42. The minimum Gasteiger partial charge on any atom is -0.292 e. The molecular formula is C13H9BBrF3N2O2. The second-order valence-corrected chi connectivity index (χ2v) is 5.41. The third-order valence-corrected chi connectivity index (χ3v) is 4.16. The van der Waals surface area contributed by atoms with E-state index < -0.39 is 29.5 Å². The Morgan fingerprint density at radius 3 is 2.55 bits per heavy atom. The number of nitrogens with zero attached hydrogens (tertiary/aromatic N) is 1. The number of halogens is 4. The molecule has 114 valence electrons. The van der Waals surface area contributed by atoms with E-state index in [-0.39, 0.29) is 21.2 Å². The van der Waals surface area contributed by atoms with E-state index in [0.29, 0.717) is 0 Å². The summed E-state index contributed by atoms with van der Waals surface area (Å²) in [5.41, 5.74) is -2.45. The smallest absolute Gasteiger partial charge is 0.292 e. The standard InChI is InChI=1S/C13H9BBrF3N2O2/c1-6-10(15)11(21)19-12(22)20(6)5-7-8(13(16,17)18)3-2-4-9(7)14/h2-4H,5H2,1H3,(H,19,21,22). The van der Waals surface area contributed by atoms with E-state index in [1.807, 2.05) is 4.98 Å². The van der Waals surface area contributed by atoms with Crippen molar-refractivity contribution in [2.75, 3.05) is 0 Å². The normalized spacial score (nSPS) is 11.7. The van der Waals surface area contributed by atoms with Gasteiger partial charge in [0, 0.05) is 5.69 Å². The van der Waals surface area contributed by atoms with Crippen molar-refractivity contribution in [1.29, 1.82) is 0 Å². The van der Waals surface area contributed by atoms with Gasteiger partial charge < -0.3 is 0 Å². The Bertz CT molecular complexity index is 843. The highest BCUT2D eigenvalue weighted by Crippen LogP contribution is 2.31. The number of benzene rings is 1. The first-order valence-corrected chi connectivity index (χ1v) is 6.86. The van der Waals surface area contributed by atoms with Crippen LogP contribution in [0.4, 0.5) is 13.2 Å². The number of aromatic nitrogens is 2. The highest BCUT2D eigenvalue weighted by molar-refractivity contribution is 9.10. The van der Waals surface area contributed by atoms with Gasteiger partial charge in [-0.2, -0.15) is 13.2 Å². The van der Waals surface area contributed by atoms with Crippen molar-refractivity contribution in [3.63, 3.8) is 0 Å². The topological polar surface area (TPSA) is 54.9 Å². The van der Waals surface area contributed by atoms with Crippen molar-refractivity contribution in [3.05, 3.63) is 60.3 Å². The van der Waals surface area contributed by atoms with Gasteiger partial charge in [-0.1, -0.05) is 17.6 Å². The van der Waals surface area contributed by atoms with Crippen molar-refractivity contribution in [3.8, 4) is 0 Å². The second-order valence-electron chi connectivity index (χ2n) is 4.62. The van der Waals surface area contributed by atoms with Crippen molar-refractivity contribution in [1.82, 2.24) is 9.55 Å². The lowest BCUT2D eigenvalue weighted by Gasteiger charge is -2.18. The zero-order chi connectivity index (χ0) is 16.7. The van der Waals surface area contributed by atoms with Crippen molar-refractivity contribution in [2.24, 2.45) is 0 Å². The zero-order valence-corrected chi connectivity index (χ0v) is 12.9. The van der Waals surface area contributed by atoms with Gasteiger partial charge >= 0.3 is 11.9 Å². The van der Waals surface area contributed by atoms with Gasteiger partial charge in [0.25, 0.3) is 5.56 Å². The van der Waals surface area contributed by atoms with Crippen molar-refractivity contribution >= 4 is 29.2 Å². The lowest BCUT2D eigenvalue weighted by molar-refractivity contribution is -0.138. The van der Waals surface area contributed by atoms with Crippen LogP contribution in [0, 0.1) is 6.92 Å². The van der Waals surface area contributed by atoms with Gasteiger partial charge in [0.1, 0.15) is 12.3 Å². The third-order valence-electron chi connectivity index (χ3n) is 3.22. The van der Waals surface area contributed by atoms with Crippen LogP contribution < -0.4 is 16.7 Å². The van der Waals surface area contributed by atoms with E-state index in [9.17, 15) is 22.8 Å². The highest BCUT2D eigenvalue weighted by atomic mass is 79.9. The van der Waals surface area contributed by atoms with Gasteiger partial charge in [0.15, 0.2) is 0 Å². The molecule has 0 aliphatic heterocycles. The Labute approximate surface area is 132 Å². The molecule has 1 heterocycles. The Kier molecular flexibility index (Phi) is 4.37. The van der Waals surface area contributed by atoms with Crippen LogP contribution in [0.3, 0.4) is 0 Å². The molecule has 2 radical (unpaired) electrons. The van der Waals surface area contributed by atoms with Crippen LogP contribution in [0.1, 0.15) is 16.8 Å². The molecule has 4 nitrogen and oxygen atoms in total. The van der Waals surface area contributed by atoms with Gasteiger partial charge in [-0.3, -0.25) is 14.3 Å². The van der Waals surface area contributed by atoms with Crippen LogP contribution in [0.5, 0.6) is 0 Å². The Morgan fingerprint density at radius 2 is 1.95 bits per heavy atom. The molecule has 0 amide bonds. The molecule has 0 spiro atoms. The van der Waals surface area contributed by atoms with Gasteiger partial charge in [0.05, 0.1) is 12.1 Å². The number of alkyl halides is 3. The molecule has 0 unspecified atom stereocenters. The SMILES string of the molecule is [B]c1cccc(C(F)(F)F)c1Cn1c(C)c(Br)c(=O)[nH]c1=O. The average molecular weight is 373 g/mol. The van der Waals surface area contributed by atoms with Crippen LogP contribution in [0.2, 0.25) is 0 Å². The third kappa shape index (κ3) is 3.04. The van der Waals surface area contributed by atoms with E-state index in [1.54, 1.807) is 0 Å². The van der Waals surface area contributed by atoms with Crippen LogP contribution in [0.25, 0.3) is 0 Å². The van der Waals surface area contributed by atoms with E-state index in [0.717, 1.165) is 10.6 Å². The van der Waals surface area contributed by atoms with Crippen molar-refractivity contribution < 1.29 is 13.2 Å². The molecule has 1 N–H and O–H groups in total. The summed E-state index contributed by atoms with van der Waals surface area (Å²) >= 11 is 3.00. The summed E-state index contributed by atoms with van der Waals surface area (Å²) in [6.45, 7) is 1.05. The molecule has 0 fully saturated rings. The number of aromatic amines is 1. The first kappa shape index (κ1) is 16.6. The summed E-state index contributed by atoms with van der Waals surface area (Å²) in [5, 5.41) is 0. The Morgan fingerprint density at radius 1 is 1.32 bits per heavy atom. The lowest BCUT2D eigenvalue weighted by atomic mass is 9.87. The molecule has 1 aromatic carbocycles. The van der Waals surface area contributed by atoms with Gasteiger partial charge in [-0.05, 0) is 34.5 Å². The first-order valence-electron chi connectivity index (χ1n) is 6.06. The van der Waals surface area contributed by atoms with Crippen molar-refractivity contribution in [2.45, 2.75) is 19.6 Å². The molecule has 2 rings (SSSR count). The van der Waals surface area contributed by atoms with Crippen LogP contribution in [-0.4, -0.2) is 17.4 Å². The van der Waals surface area contributed by atoms with Crippen LogP contribution in [0.15, 0.2) is 32.3 Å². The number of hydrogen-bond acceptors (Lipinski definition) is 2. The predicted molar refractivity (Wildman–Crippen MR) is 79.7 cm³/mol.